The molecule has 1 aromatic rings. The Labute approximate surface area is 182 Å². The molecular weight excluding hydrogens is 396 g/mol. The minimum atomic E-state index is -3.03. The third kappa shape index (κ3) is 5.99. The normalized spacial score (nSPS) is 25.8. The molecule has 168 valence electrons. The van der Waals surface area contributed by atoms with Crippen molar-refractivity contribution >= 4 is 21.4 Å². The van der Waals surface area contributed by atoms with E-state index in [0.29, 0.717) is 13.0 Å². The average Bonchev–Trinajstić information content (AvgIpc) is 3.10. The highest BCUT2D eigenvalue weighted by Crippen LogP contribution is 2.34. The van der Waals surface area contributed by atoms with Gasteiger partial charge in [0.1, 0.15) is 0 Å². The van der Waals surface area contributed by atoms with E-state index in [1.807, 2.05) is 23.9 Å². The van der Waals surface area contributed by atoms with Gasteiger partial charge in [-0.1, -0.05) is 38.3 Å². The number of hydrogen-bond donors (Lipinski definition) is 0. The predicted molar refractivity (Wildman–Crippen MR) is 123 cm³/mol. The summed E-state index contributed by atoms with van der Waals surface area (Å²) in [5.74, 6) is 1.29. The number of hydrogen-bond acceptors (Lipinski definition) is 4. The fraction of sp³-hybridized carbons (Fsp3) is 0.708. The maximum Gasteiger partial charge on any atom is 0.226 e. The van der Waals surface area contributed by atoms with Gasteiger partial charge in [-0.25, -0.2) is 8.42 Å². The molecule has 0 aromatic heterocycles. The molecular formula is C24H38N2O3S. The number of benzene rings is 1. The molecule has 0 spiro atoms. The van der Waals surface area contributed by atoms with E-state index in [4.69, 9.17) is 0 Å². The lowest BCUT2D eigenvalue weighted by atomic mass is 9.79. The number of sulfone groups is 1. The van der Waals surface area contributed by atoms with Crippen LogP contribution >= 0.6 is 0 Å². The van der Waals surface area contributed by atoms with Crippen LogP contribution in [0.5, 0.6) is 0 Å². The molecule has 0 unspecified atom stereocenters. The van der Waals surface area contributed by atoms with Gasteiger partial charge in [-0.15, -0.1) is 0 Å². The van der Waals surface area contributed by atoms with Gasteiger partial charge < -0.3 is 9.80 Å². The zero-order valence-corrected chi connectivity index (χ0v) is 19.7. The smallest absolute Gasteiger partial charge is 0.226 e. The highest BCUT2D eigenvalue weighted by molar-refractivity contribution is 7.91. The van der Waals surface area contributed by atoms with Gasteiger partial charge in [-0.3, -0.25) is 4.79 Å². The Balaban J connectivity index is 1.70. The molecule has 2 fully saturated rings. The van der Waals surface area contributed by atoms with Crippen molar-refractivity contribution in [3.63, 3.8) is 0 Å². The van der Waals surface area contributed by atoms with Crippen LogP contribution < -0.4 is 4.90 Å². The molecule has 0 bridgehead atoms. The van der Waals surface area contributed by atoms with Crippen LogP contribution in [0, 0.1) is 11.8 Å². The molecule has 1 saturated heterocycles. The Hall–Kier alpha value is -1.56. The summed E-state index contributed by atoms with van der Waals surface area (Å²) in [5.41, 5.74) is 2.18. The van der Waals surface area contributed by atoms with Gasteiger partial charge in [0.15, 0.2) is 9.84 Å². The van der Waals surface area contributed by atoms with Crippen molar-refractivity contribution in [1.82, 2.24) is 4.90 Å². The number of carbonyl (C=O) groups is 1. The fourth-order valence-corrected chi connectivity index (χ4v) is 6.66. The van der Waals surface area contributed by atoms with Crippen LogP contribution in [0.1, 0.15) is 63.9 Å². The summed E-state index contributed by atoms with van der Waals surface area (Å²) in [7, 11) is 0.975. The van der Waals surface area contributed by atoms with Crippen molar-refractivity contribution < 1.29 is 13.2 Å². The second kappa shape index (κ2) is 10.2. The third-order valence-corrected chi connectivity index (χ3v) is 8.65. The zero-order valence-electron chi connectivity index (χ0n) is 18.8. The van der Waals surface area contributed by atoms with Crippen LogP contribution in [-0.4, -0.2) is 50.9 Å². The summed E-state index contributed by atoms with van der Waals surface area (Å²) in [6, 6.07) is 8.04. The molecule has 2 aliphatic rings. The second-order valence-corrected chi connectivity index (χ2v) is 11.7. The summed E-state index contributed by atoms with van der Waals surface area (Å²) in [6.45, 7) is 2.73. The summed E-state index contributed by atoms with van der Waals surface area (Å²) in [6.07, 6.45) is 8.50. The van der Waals surface area contributed by atoms with Gasteiger partial charge in [-0.05, 0) is 55.7 Å². The molecule has 1 amide bonds. The summed E-state index contributed by atoms with van der Waals surface area (Å²) < 4.78 is 24.2. The van der Waals surface area contributed by atoms with Crippen molar-refractivity contribution in [2.45, 2.75) is 70.9 Å². The van der Waals surface area contributed by atoms with Crippen LogP contribution in [0.4, 0.5) is 5.69 Å². The summed E-state index contributed by atoms with van der Waals surface area (Å²) in [5, 5.41) is 0. The molecule has 1 atom stereocenters. The van der Waals surface area contributed by atoms with E-state index in [9.17, 15) is 13.2 Å². The molecule has 5 nitrogen and oxygen atoms in total. The van der Waals surface area contributed by atoms with Crippen molar-refractivity contribution in [2.24, 2.45) is 11.8 Å². The Morgan fingerprint density at radius 3 is 2.23 bits per heavy atom. The molecule has 6 heteroatoms. The first kappa shape index (κ1) is 23.1. The number of nitrogens with zero attached hydrogens (tertiary/aromatic N) is 2. The van der Waals surface area contributed by atoms with E-state index < -0.39 is 9.84 Å². The third-order valence-electron chi connectivity index (χ3n) is 6.90. The molecule has 0 radical (unpaired) electrons. The highest BCUT2D eigenvalue weighted by Gasteiger charge is 2.38. The summed E-state index contributed by atoms with van der Waals surface area (Å²) in [4.78, 5) is 17.5. The van der Waals surface area contributed by atoms with E-state index in [0.717, 1.165) is 42.9 Å². The lowest BCUT2D eigenvalue weighted by Gasteiger charge is -2.35. The minimum Gasteiger partial charge on any atom is -0.378 e. The van der Waals surface area contributed by atoms with Crippen LogP contribution in [0.2, 0.25) is 0 Å². The molecule has 1 heterocycles. The molecule has 30 heavy (non-hydrogen) atoms. The number of carbonyl (C=O) groups excluding carboxylic acids is 1. The van der Waals surface area contributed by atoms with E-state index in [-0.39, 0.29) is 29.4 Å². The van der Waals surface area contributed by atoms with Gasteiger partial charge in [0, 0.05) is 38.3 Å². The topological polar surface area (TPSA) is 57.7 Å². The average molecular weight is 435 g/mol. The minimum absolute atomic E-state index is 0.0484. The first-order chi connectivity index (χ1) is 14.3. The number of anilines is 1. The molecule has 3 rings (SSSR count). The van der Waals surface area contributed by atoms with Gasteiger partial charge in [-0.2, -0.15) is 0 Å². The van der Waals surface area contributed by atoms with Crippen molar-refractivity contribution in [1.29, 1.82) is 0 Å². The van der Waals surface area contributed by atoms with Crippen molar-refractivity contribution in [3.8, 4) is 0 Å². The Kier molecular flexibility index (Phi) is 7.83. The van der Waals surface area contributed by atoms with Gasteiger partial charge in [0.25, 0.3) is 0 Å². The van der Waals surface area contributed by atoms with Crippen LogP contribution in [-0.2, 0) is 21.2 Å². The van der Waals surface area contributed by atoms with Gasteiger partial charge >= 0.3 is 0 Å². The lowest BCUT2D eigenvalue weighted by molar-refractivity contribution is -0.139. The van der Waals surface area contributed by atoms with Crippen molar-refractivity contribution in [2.75, 3.05) is 30.5 Å². The molecule has 1 aromatic carbocycles. The van der Waals surface area contributed by atoms with Crippen LogP contribution in [0.3, 0.4) is 0 Å². The number of unbranched alkanes of at least 4 members (excludes halogenated alkanes) is 1. The summed E-state index contributed by atoms with van der Waals surface area (Å²) >= 11 is 0. The molecule has 0 N–H and O–H groups in total. The maximum atomic E-state index is 13.5. The van der Waals surface area contributed by atoms with Gasteiger partial charge in [0.05, 0.1) is 11.5 Å². The van der Waals surface area contributed by atoms with E-state index in [1.165, 1.54) is 19.3 Å². The highest BCUT2D eigenvalue weighted by atomic mass is 32.2. The van der Waals surface area contributed by atoms with Gasteiger partial charge in [0.2, 0.25) is 5.91 Å². The second-order valence-electron chi connectivity index (χ2n) is 9.44. The first-order valence-corrected chi connectivity index (χ1v) is 13.4. The van der Waals surface area contributed by atoms with E-state index in [1.54, 1.807) is 0 Å². The van der Waals surface area contributed by atoms with Crippen molar-refractivity contribution in [3.05, 3.63) is 29.8 Å². The fourth-order valence-electron chi connectivity index (χ4n) is 4.93. The van der Waals surface area contributed by atoms with E-state index >= 15 is 0 Å². The quantitative estimate of drug-likeness (QED) is 0.613. The predicted octanol–water partition coefficient (Wildman–Crippen LogP) is 4.26. The Morgan fingerprint density at radius 1 is 1.03 bits per heavy atom. The lowest BCUT2D eigenvalue weighted by Crippen LogP contribution is -2.44. The zero-order chi connectivity index (χ0) is 21.7. The molecule has 1 saturated carbocycles. The Bertz CT molecular complexity index is 796. The first-order valence-electron chi connectivity index (χ1n) is 11.6. The monoisotopic (exact) mass is 434 g/mol. The van der Waals surface area contributed by atoms with Crippen LogP contribution in [0.15, 0.2) is 24.3 Å². The largest absolute Gasteiger partial charge is 0.378 e. The SMILES string of the molecule is CCCCC1CCC(C(=O)N(Cc2ccc(N(C)C)cc2)[C@@H]2CCS(=O)(=O)C2)CC1. The molecule has 1 aliphatic carbocycles. The van der Waals surface area contributed by atoms with E-state index in [2.05, 4.69) is 31.2 Å². The van der Waals surface area contributed by atoms with Crippen LogP contribution in [0.25, 0.3) is 0 Å². The molecule has 1 aliphatic heterocycles. The maximum absolute atomic E-state index is 13.5. The Morgan fingerprint density at radius 2 is 1.70 bits per heavy atom. The number of rotatable bonds is 8. The number of amides is 1. The standard InChI is InChI=1S/C24H38N2O3S/c1-4-5-6-19-7-11-21(12-8-19)24(27)26(23-15-16-30(28,29)18-23)17-20-9-13-22(14-10-20)25(2)3/h9-10,13-14,19,21,23H,4-8,11-12,15-18H2,1-3H3/t19?,21?,23-/m1/s1.